The molecule has 0 aromatic heterocycles. The first-order valence-corrected chi connectivity index (χ1v) is 11.6. The predicted molar refractivity (Wildman–Crippen MR) is 122 cm³/mol. The van der Waals surface area contributed by atoms with Crippen LogP contribution in [0.15, 0.2) is 54.6 Å². The van der Waals surface area contributed by atoms with Crippen LogP contribution in [0.5, 0.6) is 0 Å². The van der Waals surface area contributed by atoms with Gasteiger partial charge in [-0.05, 0) is 90.5 Å². The van der Waals surface area contributed by atoms with E-state index in [1.807, 2.05) is 0 Å². The van der Waals surface area contributed by atoms with E-state index in [-0.39, 0.29) is 0 Å². The van der Waals surface area contributed by atoms with Crippen molar-refractivity contribution in [3.8, 4) is 11.1 Å². The molecule has 2 aromatic carbocycles. The third-order valence-corrected chi connectivity index (χ3v) is 7.19. The summed E-state index contributed by atoms with van der Waals surface area (Å²) in [4.78, 5) is 0. The highest BCUT2D eigenvalue weighted by Gasteiger charge is 2.21. The van der Waals surface area contributed by atoms with Gasteiger partial charge in [0.05, 0.1) is 0 Å². The van der Waals surface area contributed by atoms with Crippen molar-refractivity contribution in [3.63, 3.8) is 0 Å². The van der Waals surface area contributed by atoms with Crippen molar-refractivity contribution >= 4 is 5.57 Å². The molecule has 0 spiro atoms. The summed E-state index contributed by atoms with van der Waals surface area (Å²) >= 11 is 0. The molecule has 1 fully saturated rings. The van der Waals surface area contributed by atoms with Crippen molar-refractivity contribution in [2.75, 3.05) is 0 Å². The van der Waals surface area contributed by atoms with Crippen molar-refractivity contribution in [2.45, 2.75) is 77.6 Å². The Morgan fingerprint density at radius 2 is 1.36 bits per heavy atom. The summed E-state index contributed by atoms with van der Waals surface area (Å²) in [5, 5.41) is 0. The monoisotopic (exact) mass is 372 g/mol. The average molecular weight is 373 g/mol. The summed E-state index contributed by atoms with van der Waals surface area (Å²) in [7, 11) is 0. The number of rotatable bonds is 5. The number of hydrogen-bond donors (Lipinski definition) is 0. The van der Waals surface area contributed by atoms with E-state index in [1.54, 1.807) is 11.1 Å². The van der Waals surface area contributed by atoms with Crippen molar-refractivity contribution in [1.29, 1.82) is 0 Å². The van der Waals surface area contributed by atoms with E-state index in [0.717, 1.165) is 17.8 Å². The Morgan fingerprint density at radius 3 is 1.93 bits per heavy atom. The largest absolute Gasteiger partial charge is 0.0805 e. The van der Waals surface area contributed by atoms with Gasteiger partial charge in [-0.2, -0.15) is 0 Å². The molecule has 0 N–H and O–H groups in total. The van der Waals surface area contributed by atoms with Crippen LogP contribution in [0.2, 0.25) is 0 Å². The van der Waals surface area contributed by atoms with Crippen LogP contribution in [0.3, 0.4) is 0 Å². The molecule has 2 aliphatic rings. The van der Waals surface area contributed by atoms with Crippen LogP contribution in [0, 0.1) is 11.8 Å². The van der Waals surface area contributed by atoms with Crippen LogP contribution in [0.1, 0.15) is 88.7 Å². The van der Waals surface area contributed by atoms with Crippen molar-refractivity contribution in [2.24, 2.45) is 11.8 Å². The second-order valence-electron chi connectivity index (χ2n) is 9.31. The molecule has 2 aromatic rings. The zero-order valence-electron chi connectivity index (χ0n) is 17.8. The maximum Gasteiger partial charge on any atom is -0.0162 e. The number of benzene rings is 2. The minimum atomic E-state index is 0.783. The second kappa shape index (κ2) is 9.12. The fourth-order valence-corrected chi connectivity index (χ4v) is 5.24. The normalized spacial score (nSPS) is 25.4. The van der Waals surface area contributed by atoms with E-state index in [9.17, 15) is 0 Å². The van der Waals surface area contributed by atoms with E-state index < -0.39 is 0 Å². The fourth-order valence-electron chi connectivity index (χ4n) is 5.24. The topological polar surface area (TPSA) is 0 Å². The lowest BCUT2D eigenvalue weighted by molar-refractivity contribution is 0.308. The van der Waals surface area contributed by atoms with Gasteiger partial charge in [-0.25, -0.2) is 0 Å². The highest BCUT2D eigenvalue weighted by molar-refractivity contribution is 5.71. The minimum Gasteiger partial charge on any atom is -0.0805 e. The van der Waals surface area contributed by atoms with Crippen molar-refractivity contribution < 1.29 is 0 Å². The first-order chi connectivity index (χ1) is 13.7. The third-order valence-electron chi connectivity index (χ3n) is 7.19. The average Bonchev–Trinajstić information content (AvgIpc) is 2.75. The minimum absolute atomic E-state index is 0.783. The molecule has 0 heteroatoms. The van der Waals surface area contributed by atoms with Gasteiger partial charge in [0, 0.05) is 0 Å². The van der Waals surface area contributed by atoms with E-state index in [2.05, 4.69) is 68.5 Å². The summed E-state index contributed by atoms with van der Waals surface area (Å²) in [5.74, 6) is 2.62. The summed E-state index contributed by atoms with van der Waals surface area (Å²) in [6.45, 7) is 4.68. The Hall–Kier alpha value is -1.82. The SMILES string of the molecule is CCC[C@H]1CC[C@H](c2ccc(-c3ccc(C4=CCC(C)CC4)cc3)cc2)CC1. The molecule has 0 saturated heterocycles. The second-order valence-corrected chi connectivity index (χ2v) is 9.31. The summed E-state index contributed by atoms with van der Waals surface area (Å²) in [5.41, 5.74) is 7.19. The van der Waals surface area contributed by atoms with Gasteiger partial charge >= 0.3 is 0 Å². The summed E-state index contributed by atoms with van der Waals surface area (Å²) in [6, 6.07) is 18.7. The Balaban J connectivity index is 1.40. The highest BCUT2D eigenvalue weighted by atomic mass is 14.3. The van der Waals surface area contributed by atoms with Crippen LogP contribution in [0.25, 0.3) is 16.7 Å². The molecule has 1 saturated carbocycles. The lowest BCUT2D eigenvalue weighted by Gasteiger charge is -2.28. The van der Waals surface area contributed by atoms with Gasteiger partial charge in [0.1, 0.15) is 0 Å². The molecular weight excluding hydrogens is 336 g/mol. The molecule has 0 aliphatic heterocycles. The number of allylic oxidation sites excluding steroid dienone is 2. The predicted octanol–water partition coefficient (Wildman–Crippen LogP) is 8.63. The summed E-state index contributed by atoms with van der Waals surface area (Å²) < 4.78 is 0. The maximum atomic E-state index is 2.45. The first-order valence-electron chi connectivity index (χ1n) is 11.6. The highest BCUT2D eigenvalue weighted by Crippen LogP contribution is 2.38. The Labute approximate surface area is 172 Å². The van der Waals surface area contributed by atoms with Gasteiger partial charge in [0.2, 0.25) is 0 Å². The van der Waals surface area contributed by atoms with E-state index in [0.29, 0.717) is 0 Å². The lowest BCUT2D eigenvalue weighted by atomic mass is 9.77. The van der Waals surface area contributed by atoms with Crippen LogP contribution < -0.4 is 0 Å². The zero-order valence-corrected chi connectivity index (χ0v) is 17.8. The lowest BCUT2D eigenvalue weighted by Crippen LogP contribution is -2.13. The molecule has 0 amide bonds. The third kappa shape index (κ3) is 4.59. The van der Waals surface area contributed by atoms with Gasteiger partial charge in [-0.1, -0.05) is 81.3 Å². The smallest absolute Gasteiger partial charge is 0.0162 e. The Bertz CT molecular complexity index is 770. The molecule has 1 atom stereocenters. The van der Waals surface area contributed by atoms with Crippen LogP contribution >= 0.6 is 0 Å². The van der Waals surface area contributed by atoms with Crippen molar-refractivity contribution in [3.05, 3.63) is 65.7 Å². The molecule has 0 heterocycles. The van der Waals surface area contributed by atoms with Crippen molar-refractivity contribution in [1.82, 2.24) is 0 Å². The molecular formula is C28H36. The Kier molecular flexibility index (Phi) is 6.35. The molecule has 28 heavy (non-hydrogen) atoms. The summed E-state index contributed by atoms with van der Waals surface area (Å²) in [6.07, 6.45) is 14.6. The van der Waals surface area contributed by atoms with Crippen LogP contribution in [-0.4, -0.2) is 0 Å². The Morgan fingerprint density at radius 1 is 0.750 bits per heavy atom. The number of hydrogen-bond acceptors (Lipinski definition) is 0. The molecule has 148 valence electrons. The molecule has 0 radical (unpaired) electrons. The molecule has 0 bridgehead atoms. The molecule has 2 aliphatic carbocycles. The molecule has 1 unspecified atom stereocenters. The van der Waals surface area contributed by atoms with E-state index in [1.165, 1.54) is 74.5 Å². The first kappa shape index (κ1) is 19.5. The van der Waals surface area contributed by atoms with Crippen LogP contribution in [0.4, 0.5) is 0 Å². The van der Waals surface area contributed by atoms with Crippen LogP contribution in [-0.2, 0) is 0 Å². The quantitative estimate of drug-likeness (QED) is 0.492. The molecule has 4 rings (SSSR count). The fraction of sp³-hybridized carbons (Fsp3) is 0.500. The maximum absolute atomic E-state index is 2.45. The molecule has 0 nitrogen and oxygen atoms in total. The van der Waals surface area contributed by atoms with Gasteiger partial charge in [-0.15, -0.1) is 0 Å². The van der Waals surface area contributed by atoms with Gasteiger partial charge in [0.25, 0.3) is 0 Å². The van der Waals surface area contributed by atoms with Gasteiger partial charge < -0.3 is 0 Å². The van der Waals surface area contributed by atoms with Gasteiger partial charge in [-0.3, -0.25) is 0 Å². The van der Waals surface area contributed by atoms with E-state index >= 15 is 0 Å². The standard InChI is InChI=1S/C28H36/c1-3-4-22-7-11-24(12-8-22)26-15-19-28(20-16-26)27-17-13-25(14-18-27)23-9-5-21(2)6-10-23/h9,13-22,24H,3-8,10-12H2,1-2H3/t21?,22-,24-. The van der Waals surface area contributed by atoms with E-state index in [4.69, 9.17) is 0 Å². The van der Waals surface area contributed by atoms with Gasteiger partial charge in [0.15, 0.2) is 0 Å². The zero-order chi connectivity index (χ0) is 19.3.